The zero-order valence-corrected chi connectivity index (χ0v) is 12.9. The highest BCUT2D eigenvalue weighted by molar-refractivity contribution is 6.31. The lowest BCUT2D eigenvalue weighted by Crippen LogP contribution is -2.44. The number of carbonyl (C=O) groups is 1. The van der Waals surface area contributed by atoms with Crippen LogP contribution in [0.2, 0.25) is 5.02 Å². The summed E-state index contributed by atoms with van der Waals surface area (Å²) in [6, 6.07) is 4.12. The molecule has 1 N–H and O–H groups in total. The highest BCUT2D eigenvalue weighted by Crippen LogP contribution is 2.37. The molecule has 22 heavy (non-hydrogen) atoms. The van der Waals surface area contributed by atoms with Gasteiger partial charge in [-0.15, -0.1) is 0 Å². The van der Waals surface area contributed by atoms with E-state index in [-0.39, 0.29) is 17.2 Å². The topological polar surface area (TPSA) is 75.5 Å². The number of hydrogen-bond donors (Lipinski definition) is 1. The highest BCUT2D eigenvalue weighted by atomic mass is 35.5. The molecule has 7 heteroatoms. The van der Waals surface area contributed by atoms with Gasteiger partial charge in [0.25, 0.3) is 11.6 Å². The second-order valence-electron chi connectivity index (χ2n) is 6.14. The third-order valence-electron chi connectivity index (χ3n) is 4.83. The van der Waals surface area contributed by atoms with E-state index in [1.54, 1.807) is 4.90 Å². The molecule has 0 bridgehead atoms. The summed E-state index contributed by atoms with van der Waals surface area (Å²) in [5, 5.41) is 14.8. The van der Waals surface area contributed by atoms with Crippen LogP contribution in [-0.4, -0.2) is 41.9 Å². The van der Waals surface area contributed by atoms with Crippen molar-refractivity contribution < 1.29 is 9.72 Å². The maximum Gasteiger partial charge on any atom is 0.282 e. The first-order valence-electron chi connectivity index (χ1n) is 7.45. The summed E-state index contributed by atoms with van der Waals surface area (Å²) >= 11 is 5.90. The van der Waals surface area contributed by atoms with Crippen LogP contribution in [0.5, 0.6) is 0 Å². The van der Waals surface area contributed by atoms with E-state index in [1.165, 1.54) is 18.2 Å². The van der Waals surface area contributed by atoms with Crippen LogP contribution >= 0.6 is 11.6 Å². The number of nitro benzene ring substituents is 1. The molecule has 1 spiro atoms. The number of nitro groups is 1. The van der Waals surface area contributed by atoms with Gasteiger partial charge in [0, 0.05) is 30.7 Å². The SMILES string of the molecule is O=C(c1cc(Cl)ccc1[N+](=O)[O-])N1CCC2(CCNC2)CC1. The lowest BCUT2D eigenvalue weighted by atomic mass is 9.78. The van der Waals surface area contributed by atoms with Gasteiger partial charge in [-0.25, -0.2) is 0 Å². The minimum atomic E-state index is -0.532. The van der Waals surface area contributed by atoms with Gasteiger partial charge < -0.3 is 10.2 Å². The molecule has 1 amide bonds. The van der Waals surface area contributed by atoms with Gasteiger partial charge in [-0.05, 0) is 43.4 Å². The van der Waals surface area contributed by atoms with Gasteiger partial charge in [-0.2, -0.15) is 0 Å². The summed E-state index contributed by atoms with van der Waals surface area (Å²) in [6.45, 7) is 3.33. The van der Waals surface area contributed by atoms with Crippen molar-refractivity contribution in [3.63, 3.8) is 0 Å². The molecular weight excluding hydrogens is 306 g/mol. The number of carbonyl (C=O) groups excluding carboxylic acids is 1. The third kappa shape index (κ3) is 2.80. The van der Waals surface area contributed by atoms with E-state index < -0.39 is 4.92 Å². The molecular formula is C15H18ClN3O3. The normalized spacial score (nSPS) is 20.3. The van der Waals surface area contributed by atoms with Crippen molar-refractivity contribution in [2.24, 2.45) is 5.41 Å². The van der Waals surface area contributed by atoms with Crippen LogP contribution in [0.1, 0.15) is 29.6 Å². The Bertz CT molecular complexity index is 604. The Morgan fingerprint density at radius 2 is 2.05 bits per heavy atom. The Kier molecular flexibility index (Phi) is 4.06. The number of halogens is 1. The Hall–Kier alpha value is -1.66. The molecule has 3 rings (SSSR count). The van der Waals surface area contributed by atoms with Crippen LogP contribution in [-0.2, 0) is 0 Å². The van der Waals surface area contributed by atoms with Crippen molar-refractivity contribution in [1.29, 1.82) is 0 Å². The second-order valence-corrected chi connectivity index (χ2v) is 6.57. The molecule has 0 atom stereocenters. The van der Waals surface area contributed by atoms with Gasteiger partial charge in [0.15, 0.2) is 0 Å². The predicted molar refractivity (Wildman–Crippen MR) is 83.2 cm³/mol. The highest BCUT2D eigenvalue weighted by Gasteiger charge is 2.39. The maximum atomic E-state index is 12.6. The zero-order chi connectivity index (χ0) is 15.7. The van der Waals surface area contributed by atoms with E-state index in [2.05, 4.69) is 5.32 Å². The average molecular weight is 324 g/mol. The van der Waals surface area contributed by atoms with Crippen molar-refractivity contribution in [2.75, 3.05) is 26.2 Å². The Labute approximate surface area is 133 Å². The summed E-state index contributed by atoms with van der Waals surface area (Å²) < 4.78 is 0. The number of rotatable bonds is 2. The van der Waals surface area contributed by atoms with Crippen molar-refractivity contribution >= 4 is 23.2 Å². The Morgan fingerprint density at radius 3 is 2.64 bits per heavy atom. The van der Waals surface area contributed by atoms with Crippen molar-refractivity contribution in [1.82, 2.24) is 10.2 Å². The van der Waals surface area contributed by atoms with E-state index in [9.17, 15) is 14.9 Å². The summed E-state index contributed by atoms with van der Waals surface area (Å²) in [4.78, 5) is 24.9. The number of hydrogen-bond acceptors (Lipinski definition) is 4. The lowest BCUT2D eigenvalue weighted by molar-refractivity contribution is -0.385. The molecule has 2 fully saturated rings. The molecule has 1 aromatic rings. The number of amides is 1. The second kappa shape index (κ2) is 5.85. The Morgan fingerprint density at radius 1 is 1.32 bits per heavy atom. The van der Waals surface area contributed by atoms with Crippen LogP contribution in [0, 0.1) is 15.5 Å². The molecule has 0 aromatic heterocycles. The van der Waals surface area contributed by atoms with Crippen molar-refractivity contribution in [3.8, 4) is 0 Å². The van der Waals surface area contributed by atoms with E-state index in [0.717, 1.165) is 32.4 Å². The molecule has 118 valence electrons. The molecule has 6 nitrogen and oxygen atoms in total. The van der Waals surface area contributed by atoms with Crippen molar-refractivity contribution in [2.45, 2.75) is 19.3 Å². The van der Waals surface area contributed by atoms with E-state index >= 15 is 0 Å². The standard InChI is InChI=1S/C15H18ClN3O3/c16-11-1-2-13(19(21)22)12(9-11)14(20)18-7-4-15(5-8-18)3-6-17-10-15/h1-2,9,17H,3-8,10H2. The summed E-state index contributed by atoms with van der Waals surface area (Å²) in [7, 11) is 0. The summed E-state index contributed by atoms with van der Waals surface area (Å²) in [5.41, 5.74) is 0.201. The quantitative estimate of drug-likeness (QED) is 0.670. The number of nitrogens with one attached hydrogen (secondary N) is 1. The lowest BCUT2D eigenvalue weighted by Gasteiger charge is -2.38. The fourth-order valence-corrected chi connectivity index (χ4v) is 3.59. The molecule has 0 saturated carbocycles. The summed E-state index contributed by atoms with van der Waals surface area (Å²) in [6.07, 6.45) is 3.03. The molecule has 1 aromatic carbocycles. The monoisotopic (exact) mass is 323 g/mol. The summed E-state index contributed by atoms with van der Waals surface area (Å²) in [5.74, 6) is -0.296. The van der Waals surface area contributed by atoms with Crippen molar-refractivity contribution in [3.05, 3.63) is 38.9 Å². The number of piperidine rings is 1. The van der Waals surface area contributed by atoms with E-state index in [1.807, 2.05) is 0 Å². The molecule has 2 aliphatic heterocycles. The van der Waals surface area contributed by atoms with Crippen LogP contribution in [0.25, 0.3) is 0 Å². The third-order valence-corrected chi connectivity index (χ3v) is 5.06. The molecule has 2 aliphatic rings. The number of benzene rings is 1. The largest absolute Gasteiger partial charge is 0.338 e. The first-order valence-corrected chi connectivity index (χ1v) is 7.83. The maximum absolute atomic E-state index is 12.6. The smallest absolute Gasteiger partial charge is 0.282 e. The number of likely N-dealkylation sites (tertiary alicyclic amines) is 1. The average Bonchev–Trinajstić information content (AvgIpc) is 2.95. The van der Waals surface area contributed by atoms with Crippen LogP contribution in [0.4, 0.5) is 5.69 Å². The van der Waals surface area contributed by atoms with E-state index in [4.69, 9.17) is 11.6 Å². The van der Waals surface area contributed by atoms with E-state index in [0.29, 0.717) is 23.5 Å². The van der Waals surface area contributed by atoms with Crippen LogP contribution in [0.15, 0.2) is 18.2 Å². The minimum Gasteiger partial charge on any atom is -0.338 e. The molecule has 0 radical (unpaired) electrons. The molecule has 0 aliphatic carbocycles. The van der Waals surface area contributed by atoms with Gasteiger partial charge in [-0.3, -0.25) is 14.9 Å². The fraction of sp³-hybridized carbons (Fsp3) is 0.533. The van der Waals surface area contributed by atoms with Gasteiger partial charge in [0.05, 0.1) is 4.92 Å². The van der Waals surface area contributed by atoms with Crippen LogP contribution < -0.4 is 5.32 Å². The molecule has 2 heterocycles. The molecule has 2 saturated heterocycles. The zero-order valence-electron chi connectivity index (χ0n) is 12.2. The van der Waals surface area contributed by atoms with Gasteiger partial charge in [0.2, 0.25) is 0 Å². The molecule has 0 unspecified atom stereocenters. The minimum absolute atomic E-state index is 0.0815. The van der Waals surface area contributed by atoms with Gasteiger partial charge in [-0.1, -0.05) is 11.6 Å². The Balaban J connectivity index is 1.77. The first-order chi connectivity index (χ1) is 10.5. The van der Waals surface area contributed by atoms with Crippen LogP contribution in [0.3, 0.4) is 0 Å². The van der Waals surface area contributed by atoms with Gasteiger partial charge >= 0.3 is 0 Å². The fourth-order valence-electron chi connectivity index (χ4n) is 3.42. The predicted octanol–water partition coefficient (Wildman–Crippen LogP) is 2.46. The van der Waals surface area contributed by atoms with Gasteiger partial charge in [0.1, 0.15) is 5.56 Å². The first kappa shape index (κ1) is 15.2. The number of nitrogens with zero attached hydrogens (tertiary/aromatic N) is 2.